The van der Waals surface area contributed by atoms with E-state index in [-0.39, 0.29) is 15.8 Å². The third-order valence-corrected chi connectivity index (χ3v) is 8.18. The number of nitrogens with one attached hydrogen (secondary N) is 1. The number of aromatic nitrogens is 2. The summed E-state index contributed by atoms with van der Waals surface area (Å²) < 4.78 is 38.0. The Morgan fingerprint density at radius 2 is 1.74 bits per heavy atom. The van der Waals surface area contributed by atoms with Crippen molar-refractivity contribution in [1.82, 2.24) is 10.2 Å². The van der Waals surface area contributed by atoms with Crippen LogP contribution < -0.4 is 14.4 Å². The molecule has 1 amide bonds. The van der Waals surface area contributed by atoms with E-state index in [1.807, 2.05) is 6.92 Å². The van der Waals surface area contributed by atoms with Crippen molar-refractivity contribution in [3.05, 3.63) is 54.1 Å². The van der Waals surface area contributed by atoms with Crippen LogP contribution in [-0.4, -0.2) is 57.0 Å². The molecular weight excluding hydrogens is 500 g/mol. The zero-order chi connectivity index (χ0) is 24.7. The lowest BCUT2D eigenvalue weighted by atomic mass is 10.2. The Bertz CT molecular complexity index is 1240. The van der Waals surface area contributed by atoms with Crippen molar-refractivity contribution < 1.29 is 27.5 Å². The first kappa shape index (κ1) is 25.5. The second-order valence-corrected chi connectivity index (χ2v) is 10.9. The molecule has 180 valence electrons. The summed E-state index contributed by atoms with van der Waals surface area (Å²) in [5.74, 6) is -0.447. The van der Waals surface area contributed by atoms with Gasteiger partial charge in [-0.25, -0.2) is 8.42 Å². The Morgan fingerprint density at radius 1 is 1.06 bits per heavy atom. The van der Waals surface area contributed by atoms with Crippen molar-refractivity contribution in [2.24, 2.45) is 0 Å². The molecule has 0 aliphatic rings. The molecule has 0 radical (unpaired) electrons. The summed E-state index contributed by atoms with van der Waals surface area (Å²) in [6.07, 6.45) is 0. The molecule has 2 aromatic carbocycles. The number of anilines is 2. The zero-order valence-electron chi connectivity index (χ0n) is 18.5. The van der Waals surface area contributed by atoms with E-state index in [0.29, 0.717) is 15.8 Å². The highest BCUT2D eigenvalue weighted by Gasteiger charge is 2.27. The van der Waals surface area contributed by atoms with Crippen molar-refractivity contribution in [1.29, 1.82) is 0 Å². The summed E-state index contributed by atoms with van der Waals surface area (Å²) in [6, 6.07) is 12.7. The van der Waals surface area contributed by atoms with Gasteiger partial charge in [0, 0.05) is 0 Å². The minimum Gasteiger partial charge on any atom is -0.497 e. The number of hydrogen-bond donors (Lipinski definition) is 1. The largest absolute Gasteiger partial charge is 0.497 e. The van der Waals surface area contributed by atoms with E-state index in [9.17, 15) is 18.0 Å². The Kier molecular flexibility index (Phi) is 8.47. The molecule has 1 N–H and O–H groups in total. The fourth-order valence-corrected chi connectivity index (χ4v) is 5.71. The van der Waals surface area contributed by atoms with E-state index >= 15 is 0 Å². The second-order valence-electron chi connectivity index (χ2n) is 6.81. The number of nitrogens with zero attached hydrogens (tertiary/aromatic N) is 3. The van der Waals surface area contributed by atoms with Crippen molar-refractivity contribution >= 4 is 55.8 Å². The lowest BCUT2D eigenvalue weighted by Crippen LogP contribution is -2.38. The van der Waals surface area contributed by atoms with Gasteiger partial charge in [-0.15, -0.1) is 10.2 Å². The number of amides is 1. The molecule has 0 spiro atoms. The highest BCUT2D eigenvalue weighted by Crippen LogP contribution is 2.27. The van der Waals surface area contributed by atoms with Crippen molar-refractivity contribution in [3.8, 4) is 5.75 Å². The summed E-state index contributed by atoms with van der Waals surface area (Å²) in [6.45, 7) is 1.39. The number of methoxy groups -OCH3 is 2. The Hall–Kier alpha value is -3.16. The van der Waals surface area contributed by atoms with Crippen LogP contribution in [0, 0.1) is 6.92 Å². The molecule has 3 aromatic rings. The Balaban J connectivity index is 1.80. The lowest BCUT2D eigenvalue weighted by molar-refractivity contribution is -0.137. The molecule has 1 heterocycles. The summed E-state index contributed by atoms with van der Waals surface area (Å²) >= 11 is 2.19. The van der Waals surface area contributed by atoms with Crippen LogP contribution in [-0.2, 0) is 24.3 Å². The molecule has 0 atom stereocenters. The van der Waals surface area contributed by atoms with E-state index in [2.05, 4.69) is 20.3 Å². The van der Waals surface area contributed by atoms with E-state index in [1.165, 1.54) is 38.5 Å². The average molecular weight is 523 g/mol. The van der Waals surface area contributed by atoms with Crippen molar-refractivity contribution in [2.45, 2.75) is 16.2 Å². The molecule has 0 aliphatic carbocycles. The topological polar surface area (TPSA) is 128 Å². The predicted octanol–water partition coefficient (Wildman–Crippen LogP) is 2.95. The van der Waals surface area contributed by atoms with Gasteiger partial charge in [0.15, 0.2) is 4.34 Å². The second kappa shape index (κ2) is 11.3. The smallest absolute Gasteiger partial charge is 0.316 e. The van der Waals surface area contributed by atoms with Gasteiger partial charge in [0.25, 0.3) is 10.0 Å². The van der Waals surface area contributed by atoms with Crippen LogP contribution in [0.4, 0.5) is 10.8 Å². The summed E-state index contributed by atoms with van der Waals surface area (Å²) in [5, 5.41) is 10.5. The maximum absolute atomic E-state index is 13.4. The highest BCUT2D eigenvalue weighted by atomic mass is 32.2. The van der Waals surface area contributed by atoms with Crippen LogP contribution >= 0.6 is 23.1 Å². The Morgan fingerprint density at radius 3 is 2.35 bits per heavy atom. The van der Waals surface area contributed by atoms with Crippen molar-refractivity contribution in [2.75, 3.05) is 36.1 Å². The molecule has 0 fully saturated rings. The predicted molar refractivity (Wildman–Crippen MR) is 130 cm³/mol. The highest BCUT2D eigenvalue weighted by molar-refractivity contribution is 8.01. The van der Waals surface area contributed by atoms with Gasteiger partial charge in [-0.3, -0.25) is 19.2 Å². The molecule has 3 rings (SSSR count). The number of esters is 1. The summed E-state index contributed by atoms with van der Waals surface area (Å²) in [7, 11) is -1.29. The monoisotopic (exact) mass is 522 g/mol. The van der Waals surface area contributed by atoms with Gasteiger partial charge in [0.2, 0.25) is 11.0 Å². The number of sulfonamides is 1. The maximum Gasteiger partial charge on any atom is 0.316 e. The van der Waals surface area contributed by atoms with Crippen LogP contribution in [0.2, 0.25) is 0 Å². The number of thioether (sulfide) groups is 1. The average Bonchev–Trinajstić information content (AvgIpc) is 3.28. The normalized spacial score (nSPS) is 11.0. The first-order valence-corrected chi connectivity index (χ1v) is 13.0. The number of ether oxygens (including phenoxy) is 2. The van der Waals surface area contributed by atoms with E-state index in [0.717, 1.165) is 33.0 Å². The summed E-state index contributed by atoms with van der Waals surface area (Å²) in [5.41, 5.74) is 1.28. The molecule has 0 bridgehead atoms. The van der Waals surface area contributed by atoms with Crippen LogP contribution in [0.25, 0.3) is 0 Å². The van der Waals surface area contributed by atoms with Crippen LogP contribution in [0.1, 0.15) is 5.56 Å². The molecule has 0 aliphatic heterocycles. The molecule has 0 unspecified atom stereocenters. The van der Waals surface area contributed by atoms with Gasteiger partial charge in [-0.05, 0) is 43.3 Å². The third kappa shape index (κ3) is 6.46. The van der Waals surface area contributed by atoms with Crippen molar-refractivity contribution in [3.63, 3.8) is 0 Å². The number of rotatable bonds is 10. The fraction of sp³-hybridized carbons (Fsp3) is 0.238. The molecule has 34 heavy (non-hydrogen) atoms. The molecule has 0 saturated heterocycles. The quantitative estimate of drug-likeness (QED) is 0.243. The standard InChI is InChI=1S/C21H22N4O6S3/c1-14-4-6-15(7-5-14)25(34(28,29)17-10-8-16(30-2)9-11-17)12-18(26)22-20-23-24-21(33-20)32-13-19(27)31-3/h4-11H,12-13H2,1-3H3,(H,22,23,26). The maximum atomic E-state index is 13.4. The number of benzene rings is 2. The number of hydrogen-bond acceptors (Lipinski definition) is 10. The molecule has 13 heteroatoms. The van der Waals surface area contributed by atoms with Gasteiger partial charge in [0.05, 0.1) is 30.6 Å². The van der Waals surface area contributed by atoms with Crippen LogP contribution in [0.15, 0.2) is 57.8 Å². The molecule has 0 saturated carbocycles. The minimum absolute atomic E-state index is 0.0130. The van der Waals surface area contributed by atoms with Crippen LogP contribution in [0.5, 0.6) is 5.75 Å². The Labute approximate surface area is 205 Å². The van der Waals surface area contributed by atoms with E-state index in [1.54, 1.807) is 24.3 Å². The fourth-order valence-electron chi connectivity index (χ4n) is 2.69. The van der Waals surface area contributed by atoms with Crippen LogP contribution in [0.3, 0.4) is 0 Å². The van der Waals surface area contributed by atoms with E-state index in [4.69, 9.17) is 4.74 Å². The first-order valence-electron chi connectivity index (χ1n) is 9.79. The first-order chi connectivity index (χ1) is 16.2. The van der Waals surface area contributed by atoms with Gasteiger partial charge in [-0.1, -0.05) is 40.8 Å². The lowest BCUT2D eigenvalue weighted by Gasteiger charge is -2.24. The SMILES string of the molecule is COC(=O)CSc1nnc(NC(=O)CN(c2ccc(C)cc2)S(=O)(=O)c2ccc(OC)cc2)s1. The molecular formula is C21H22N4O6S3. The van der Waals surface area contributed by atoms with E-state index < -0.39 is 28.4 Å². The summed E-state index contributed by atoms with van der Waals surface area (Å²) in [4.78, 5) is 24.1. The number of aryl methyl sites for hydroxylation is 1. The molecule has 10 nitrogen and oxygen atoms in total. The van der Waals surface area contributed by atoms with Gasteiger partial charge in [0.1, 0.15) is 12.3 Å². The molecule has 1 aromatic heterocycles. The number of carbonyl (C=O) groups excluding carboxylic acids is 2. The van der Waals surface area contributed by atoms with Gasteiger partial charge in [-0.2, -0.15) is 0 Å². The minimum atomic E-state index is -4.07. The van der Waals surface area contributed by atoms with Gasteiger partial charge < -0.3 is 9.47 Å². The zero-order valence-corrected chi connectivity index (χ0v) is 21.0. The number of carbonyl (C=O) groups is 2. The van der Waals surface area contributed by atoms with Gasteiger partial charge >= 0.3 is 5.97 Å². The third-order valence-electron chi connectivity index (χ3n) is 4.45.